The summed E-state index contributed by atoms with van der Waals surface area (Å²) in [6, 6.07) is 0. The van der Waals surface area contributed by atoms with Crippen LogP contribution in [0.2, 0.25) is 0 Å². The SMILES string of the molecule is CCC(O)CC(=O)CC(C)C. The molecule has 0 saturated heterocycles. The van der Waals surface area contributed by atoms with E-state index in [2.05, 4.69) is 0 Å². The van der Waals surface area contributed by atoms with Gasteiger partial charge in [-0.05, 0) is 12.3 Å². The Labute approximate surface area is 68.6 Å². The molecular formula is C9H18O2. The van der Waals surface area contributed by atoms with E-state index in [4.69, 9.17) is 5.11 Å². The maximum Gasteiger partial charge on any atom is 0.135 e. The second kappa shape index (κ2) is 5.30. The first kappa shape index (κ1) is 10.6. The van der Waals surface area contributed by atoms with Crippen LogP contribution in [0.15, 0.2) is 0 Å². The van der Waals surface area contributed by atoms with Gasteiger partial charge in [0.05, 0.1) is 6.10 Å². The molecule has 0 aromatic carbocycles. The maximum absolute atomic E-state index is 11.1. The zero-order chi connectivity index (χ0) is 8.85. The van der Waals surface area contributed by atoms with Crippen molar-refractivity contribution in [1.82, 2.24) is 0 Å². The number of rotatable bonds is 5. The molecule has 0 rings (SSSR count). The summed E-state index contributed by atoms with van der Waals surface area (Å²) < 4.78 is 0. The Hall–Kier alpha value is -0.370. The van der Waals surface area contributed by atoms with E-state index in [1.165, 1.54) is 0 Å². The molecule has 0 aliphatic heterocycles. The van der Waals surface area contributed by atoms with Gasteiger partial charge in [-0.1, -0.05) is 20.8 Å². The minimum absolute atomic E-state index is 0.175. The van der Waals surface area contributed by atoms with Gasteiger partial charge in [0.1, 0.15) is 5.78 Å². The predicted molar refractivity (Wildman–Crippen MR) is 45.4 cm³/mol. The summed E-state index contributed by atoms with van der Waals surface area (Å²) in [5.74, 6) is 0.584. The third-order valence-corrected chi connectivity index (χ3v) is 1.57. The van der Waals surface area contributed by atoms with Crippen LogP contribution in [0.1, 0.15) is 40.0 Å². The summed E-state index contributed by atoms with van der Waals surface area (Å²) in [4.78, 5) is 11.1. The minimum Gasteiger partial charge on any atom is -0.393 e. The highest BCUT2D eigenvalue weighted by molar-refractivity contribution is 5.78. The van der Waals surface area contributed by atoms with E-state index in [9.17, 15) is 4.79 Å². The highest BCUT2D eigenvalue weighted by atomic mass is 16.3. The van der Waals surface area contributed by atoms with Crippen molar-refractivity contribution in [2.24, 2.45) is 5.92 Å². The van der Waals surface area contributed by atoms with Gasteiger partial charge in [0.2, 0.25) is 0 Å². The zero-order valence-corrected chi connectivity index (χ0v) is 7.63. The molecule has 1 unspecified atom stereocenters. The van der Waals surface area contributed by atoms with Gasteiger partial charge in [0.25, 0.3) is 0 Å². The van der Waals surface area contributed by atoms with Crippen LogP contribution in [0.3, 0.4) is 0 Å². The molecule has 11 heavy (non-hydrogen) atoms. The van der Waals surface area contributed by atoms with Crippen molar-refractivity contribution in [3.05, 3.63) is 0 Å². The van der Waals surface area contributed by atoms with Gasteiger partial charge >= 0.3 is 0 Å². The molecule has 0 amide bonds. The molecule has 0 radical (unpaired) electrons. The maximum atomic E-state index is 11.1. The number of Topliss-reactive ketones (excluding diaryl/α,β-unsaturated/α-hetero) is 1. The summed E-state index contributed by atoms with van der Waals surface area (Å²) in [6.07, 6.45) is 1.16. The van der Waals surface area contributed by atoms with Crippen molar-refractivity contribution in [1.29, 1.82) is 0 Å². The van der Waals surface area contributed by atoms with Crippen LogP contribution in [-0.2, 0) is 4.79 Å². The first-order valence-corrected chi connectivity index (χ1v) is 4.26. The highest BCUT2D eigenvalue weighted by Crippen LogP contribution is 2.06. The fraction of sp³-hybridized carbons (Fsp3) is 0.889. The van der Waals surface area contributed by atoms with Crippen LogP contribution in [0, 0.1) is 5.92 Å². The molecule has 0 spiro atoms. The van der Waals surface area contributed by atoms with E-state index in [1.54, 1.807) is 0 Å². The van der Waals surface area contributed by atoms with Crippen molar-refractivity contribution >= 4 is 5.78 Å². The Morgan fingerprint density at radius 1 is 1.36 bits per heavy atom. The molecule has 66 valence electrons. The van der Waals surface area contributed by atoms with Gasteiger partial charge in [-0.25, -0.2) is 0 Å². The second-order valence-corrected chi connectivity index (χ2v) is 3.40. The van der Waals surface area contributed by atoms with Crippen molar-refractivity contribution < 1.29 is 9.90 Å². The fourth-order valence-electron chi connectivity index (χ4n) is 0.946. The zero-order valence-electron chi connectivity index (χ0n) is 7.63. The predicted octanol–water partition coefficient (Wildman–Crippen LogP) is 1.76. The lowest BCUT2D eigenvalue weighted by atomic mass is 10.0. The lowest BCUT2D eigenvalue weighted by Crippen LogP contribution is -2.13. The summed E-state index contributed by atoms with van der Waals surface area (Å²) in [7, 11) is 0. The number of carbonyl (C=O) groups excluding carboxylic acids is 1. The molecule has 1 atom stereocenters. The number of hydrogen-bond donors (Lipinski definition) is 1. The summed E-state index contributed by atoms with van der Waals surface area (Å²) in [5.41, 5.74) is 0. The van der Waals surface area contributed by atoms with E-state index < -0.39 is 6.10 Å². The van der Waals surface area contributed by atoms with E-state index >= 15 is 0 Å². The van der Waals surface area contributed by atoms with Gasteiger partial charge in [-0.15, -0.1) is 0 Å². The van der Waals surface area contributed by atoms with Gasteiger partial charge in [0.15, 0.2) is 0 Å². The van der Waals surface area contributed by atoms with Crippen LogP contribution in [0.5, 0.6) is 0 Å². The Bertz CT molecular complexity index is 119. The van der Waals surface area contributed by atoms with E-state index in [0.29, 0.717) is 25.2 Å². The third kappa shape index (κ3) is 6.05. The van der Waals surface area contributed by atoms with Crippen molar-refractivity contribution in [2.45, 2.75) is 46.1 Å². The smallest absolute Gasteiger partial charge is 0.135 e. The lowest BCUT2D eigenvalue weighted by Gasteiger charge is -2.07. The van der Waals surface area contributed by atoms with Crippen LogP contribution < -0.4 is 0 Å². The van der Waals surface area contributed by atoms with Crippen LogP contribution in [0.4, 0.5) is 0 Å². The van der Waals surface area contributed by atoms with Gasteiger partial charge in [-0.3, -0.25) is 4.79 Å². The first-order valence-electron chi connectivity index (χ1n) is 4.26. The van der Waals surface area contributed by atoms with E-state index in [-0.39, 0.29) is 5.78 Å². The number of carbonyl (C=O) groups is 1. The first-order chi connectivity index (χ1) is 5.06. The van der Waals surface area contributed by atoms with Gasteiger partial charge < -0.3 is 5.11 Å². The Morgan fingerprint density at radius 3 is 2.27 bits per heavy atom. The molecule has 0 bridgehead atoms. The standard InChI is InChI=1S/C9H18O2/c1-4-8(10)6-9(11)5-7(2)3/h7-8,10H,4-6H2,1-3H3. The molecule has 0 saturated carbocycles. The topological polar surface area (TPSA) is 37.3 Å². The third-order valence-electron chi connectivity index (χ3n) is 1.57. The minimum atomic E-state index is -0.429. The number of hydrogen-bond acceptors (Lipinski definition) is 2. The largest absolute Gasteiger partial charge is 0.393 e. The average molecular weight is 158 g/mol. The molecule has 0 fully saturated rings. The molecule has 2 nitrogen and oxygen atoms in total. The molecule has 0 aliphatic rings. The van der Waals surface area contributed by atoms with Gasteiger partial charge in [0, 0.05) is 12.8 Å². The normalized spacial score (nSPS) is 13.5. The molecule has 0 aliphatic carbocycles. The fourth-order valence-corrected chi connectivity index (χ4v) is 0.946. The van der Waals surface area contributed by atoms with Crippen molar-refractivity contribution in [3.63, 3.8) is 0 Å². The average Bonchev–Trinajstić information content (AvgIpc) is 1.85. The van der Waals surface area contributed by atoms with E-state index in [0.717, 1.165) is 0 Å². The monoisotopic (exact) mass is 158 g/mol. The van der Waals surface area contributed by atoms with Gasteiger partial charge in [-0.2, -0.15) is 0 Å². The van der Waals surface area contributed by atoms with E-state index in [1.807, 2.05) is 20.8 Å². The molecule has 0 heterocycles. The van der Waals surface area contributed by atoms with Crippen LogP contribution in [0.25, 0.3) is 0 Å². The van der Waals surface area contributed by atoms with Crippen LogP contribution in [-0.4, -0.2) is 17.0 Å². The Morgan fingerprint density at radius 2 is 1.91 bits per heavy atom. The quantitative estimate of drug-likeness (QED) is 0.662. The second-order valence-electron chi connectivity index (χ2n) is 3.40. The van der Waals surface area contributed by atoms with Crippen molar-refractivity contribution in [2.75, 3.05) is 0 Å². The highest BCUT2D eigenvalue weighted by Gasteiger charge is 2.09. The summed E-state index contributed by atoms with van der Waals surface area (Å²) in [6.45, 7) is 5.90. The van der Waals surface area contributed by atoms with Crippen molar-refractivity contribution in [3.8, 4) is 0 Å². The Kier molecular flexibility index (Phi) is 5.12. The number of aliphatic hydroxyl groups is 1. The molecule has 0 aromatic heterocycles. The summed E-state index contributed by atoms with van der Waals surface area (Å²) >= 11 is 0. The Balaban J connectivity index is 3.52. The van der Waals surface area contributed by atoms with Crippen LogP contribution >= 0.6 is 0 Å². The molecular weight excluding hydrogens is 140 g/mol. The molecule has 1 N–H and O–H groups in total. The lowest BCUT2D eigenvalue weighted by molar-refractivity contribution is -0.121. The number of aliphatic hydroxyl groups excluding tert-OH is 1. The summed E-state index contributed by atoms with van der Waals surface area (Å²) in [5, 5.41) is 9.12. The molecule has 0 aromatic rings. The molecule has 2 heteroatoms. The number of ketones is 1.